The molecular weight excluding hydrogens is 190 g/mol. The normalized spacial score (nSPS) is 22.0. The zero-order valence-corrected chi connectivity index (χ0v) is 8.40. The van der Waals surface area contributed by atoms with Gasteiger partial charge in [0, 0.05) is 18.9 Å². The second kappa shape index (κ2) is 4.26. The van der Waals surface area contributed by atoms with Crippen molar-refractivity contribution in [3.8, 4) is 0 Å². The van der Waals surface area contributed by atoms with Crippen LogP contribution in [0.5, 0.6) is 0 Å². The van der Waals surface area contributed by atoms with E-state index >= 15 is 0 Å². The molecule has 1 aromatic rings. The molecule has 1 heterocycles. The molecule has 2 rings (SSSR count). The molecule has 0 aliphatic carbocycles. The van der Waals surface area contributed by atoms with E-state index in [1.54, 1.807) is 0 Å². The number of ketones is 1. The molecule has 3 nitrogen and oxygen atoms in total. The number of rotatable bonds is 1. The minimum absolute atomic E-state index is 0.0267. The first kappa shape index (κ1) is 9.90. The Labute approximate surface area is 88.5 Å². The highest BCUT2D eigenvalue weighted by Gasteiger charge is 2.22. The molecule has 1 aliphatic rings. The second-order valence-electron chi connectivity index (χ2n) is 3.83. The van der Waals surface area contributed by atoms with Crippen LogP contribution in [0.15, 0.2) is 30.3 Å². The molecule has 3 heteroatoms. The van der Waals surface area contributed by atoms with Gasteiger partial charge >= 0.3 is 0 Å². The van der Waals surface area contributed by atoms with Crippen molar-refractivity contribution in [2.75, 3.05) is 6.54 Å². The summed E-state index contributed by atoms with van der Waals surface area (Å²) in [6.45, 7) is 0.564. The molecule has 78 valence electrons. The van der Waals surface area contributed by atoms with E-state index in [1.165, 1.54) is 0 Å². The Kier molecular flexibility index (Phi) is 2.81. The van der Waals surface area contributed by atoms with Gasteiger partial charge in [-0.25, -0.2) is 0 Å². The number of hydrogen-bond donors (Lipinski definition) is 1. The number of carbonyl (C=O) groups is 2. The van der Waals surface area contributed by atoms with Crippen LogP contribution in [0.4, 0.5) is 0 Å². The van der Waals surface area contributed by atoms with Crippen molar-refractivity contribution in [2.24, 2.45) is 0 Å². The highest BCUT2D eigenvalue weighted by Crippen LogP contribution is 2.21. The molecule has 1 atom stereocenters. The molecule has 0 aromatic heterocycles. The average molecular weight is 203 g/mol. The molecule has 0 spiro atoms. The third-order valence-electron chi connectivity index (χ3n) is 2.65. The van der Waals surface area contributed by atoms with E-state index in [2.05, 4.69) is 5.32 Å². The molecule has 1 fully saturated rings. The SMILES string of the molecule is O=C1CC(=O)NCC(c2ccccc2)C1. The van der Waals surface area contributed by atoms with Crippen LogP contribution in [0.3, 0.4) is 0 Å². The van der Waals surface area contributed by atoms with E-state index < -0.39 is 0 Å². The second-order valence-corrected chi connectivity index (χ2v) is 3.83. The maximum atomic E-state index is 11.4. The third-order valence-corrected chi connectivity index (χ3v) is 2.65. The molecule has 0 bridgehead atoms. The van der Waals surface area contributed by atoms with Crippen molar-refractivity contribution in [1.29, 1.82) is 0 Å². The van der Waals surface area contributed by atoms with Gasteiger partial charge in [0.1, 0.15) is 5.78 Å². The lowest BCUT2D eigenvalue weighted by atomic mass is 9.94. The zero-order chi connectivity index (χ0) is 10.7. The number of carbonyl (C=O) groups excluding carboxylic acids is 2. The first-order valence-electron chi connectivity index (χ1n) is 5.09. The van der Waals surface area contributed by atoms with Gasteiger partial charge < -0.3 is 5.32 Å². The molecule has 0 radical (unpaired) electrons. The van der Waals surface area contributed by atoms with Gasteiger partial charge in [-0.2, -0.15) is 0 Å². The summed E-state index contributed by atoms with van der Waals surface area (Å²) in [5, 5.41) is 2.76. The summed E-state index contributed by atoms with van der Waals surface area (Å²) in [6, 6.07) is 9.84. The number of benzene rings is 1. The fourth-order valence-electron chi connectivity index (χ4n) is 1.86. The van der Waals surface area contributed by atoms with Crippen molar-refractivity contribution in [3.05, 3.63) is 35.9 Å². The maximum Gasteiger partial charge on any atom is 0.227 e. The van der Waals surface area contributed by atoms with E-state index in [4.69, 9.17) is 0 Å². The summed E-state index contributed by atoms with van der Waals surface area (Å²) >= 11 is 0. The smallest absolute Gasteiger partial charge is 0.227 e. The van der Waals surface area contributed by atoms with Crippen molar-refractivity contribution < 1.29 is 9.59 Å². The topological polar surface area (TPSA) is 46.2 Å². The number of Topliss-reactive ketones (excluding diaryl/α,β-unsaturated/α-hetero) is 1. The van der Waals surface area contributed by atoms with Crippen LogP contribution in [0, 0.1) is 0 Å². The Balaban J connectivity index is 2.16. The van der Waals surface area contributed by atoms with E-state index in [-0.39, 0.29) is 24.0 Å². The van der Waals surface area contributed by atoms with Crippen molar-refractivity contribution in [1.82, 2.24) is 5.32 Å². The standard InChI is InChI=1S/C12H13NO2/c14-11-6-10(8-13-12(15)7-11)9-4-2-1-3-5-9/h1-5,10H,6-8H2,(H,13,15). The lowest BCUT2D eigenvalue weighted by Crippen LogP contribution is -2.25. The van der Waals surface area contributed by atoms with Gasteiger partial charge in [0.15, 0.2) is 0 Å². The van der Waals surface area contributed by atoms with Gasteiger partial charge in [-0.15, -0.1) is 0 Å². The predicted molar refractivity (Wildman–Crippen MR) is 56.4 cm³/mol. The molecule has 1 unspecified atom stereocenters. The Morgan fingerprint density at radius 3 is 2.60 bits per heavy atom. The van der Waals surface area contributed by atoms with Gasteiger partial charge in [0.2, 0.25) is 5.91 Å². The number of hydrogen-bond acceptors (Lipinski definition) is 2. The largest absolute Gasteiger partial charge is 0.355 e. The maximum absolute atomic E-state index is 11.4. The van der Waals surface area contributed by atoms with E-state index in [0.29, 0.717) is 13.0 Å². The fraction of sp³-hybridized carbons (Fsp3) is 0.333. The summed E-state index contributed by atoms with van der Waals surface area (Å²) in [7, 11) is 0. The summed E-state index contributed by atoms with van der Waals surface area (Å²) in [4.78, 5) is 22.6. The summed E-state index contributed by atoms with van der Waals surface area (Å²) < 4.78 is 0. The monoisotopic (exact) mass is 203 g/mol. The third kappa shape index (κ3) is 2.43. The van der Waals surface area contributed by atoms with Crippen LogP contribution < -0.4 is 5.32 Å². The van der Waals surface area contributed by atoms with Crippen molar-refractivity contribution >= 4 is 11.7 Å². The fourth-order valence-corrected chi connectivity index (χ4v) is 1.86. The van der Waals surface area contributed by atoms with Crippen molar-refractivity contribution in [2.45, 2.75) is 18.8 Å². The van der Waals surface area contributed by atoms with Crippen LogP contribution in [0.2, 0.25) is 0 Å². The first-order valence-corrected chi connectivity index (χ1v) is 5.09. The molecule has 15 heavy (non-hydrogen) atoms. The highest BCUT2D eigenvalue weighted by atomic mass is 16.2. The Morgan fingerprint density at radius 2 is 1.87 bits per heavy atom. The first-order chi connectivity index (χ1) is 7.25. The summed E-state index contributed by atoms with van der Waals surface area (Å²) in [6.07, 6.45) is 0.492. The van der Waals surface area contributed by atoms with Gasteiger partial charge in [-0.3, -0.25) is 9.59 Å². The lowest BCUT2D eigenvalue weighted by molar-refractivity contribution is -0.127. The molecular formula is C12H13NO2. The minimum Gasteiger partial charge on any atom is -0.355 e. The van der Waals surface area contributed by atoms with Crippen LogP contribution >= 0.6 is 0 Å². The van der Waals surface area contributed by atoms with E-state index in [1.807, 2.05) is 30.3 Å². The molecule has 1 aromatic carbocycles. The average Bonchev–Trinajstić information content (AvgIpc) is 2.41. The number of nitrogens with one attached hydrogen (secondary N) is 1. The van der Waals surface area contributed by atoms with Gasteiger partial charge in [0.25, 0.3) is 0 Å². The molecule has 1 aliphatic heterocycles. The van der Waals surface area contributed by atoms with Crippen LogP contribution in [0.1, 0.15) is 24.3 Å². The summed E-state index contributed by atoms with van der Waals surface area (Å²) in [5.41, 5.74) is 1.12. The molecule has 1 amide bonds. The zero-order valence-electron chi connectivity index (χ0n) is 8.40. The van der Waals surface area contributed by atoms with Crippen LogP contribution in [-0.4, -0.2) is 18.2 Å². The predicted octanol–water partition coefficient (Wildman–Crippen LogP) is 1.25. The lowest BCUT2D eigenvalue weighted by Gasteiger charge is -2.13. The van der Waals surface area contributed by atoms with Gasteiger partial charge in [0.05, 0.1) is 6.42 Å². The quantitative estimate of drug-likeness (QED) is 0.698. The molecule has 1 saturated heterocycles. The minimum atomic E-state index is -0.154. The Hall–Kier alpha value is -1.64. The number of amides is 1. The molecule has 0 saturated carbocycles. The van der Waals surface area contributed by atoms with Crippen molar-refractivity contribution in [3.63, 3.8) is 0 Å². The van der Waals surface area contributed by atoms with E-state index in [0.717, 1.165) is 5.56 Å². The highest BCUT2D eigenvalue weighted by molar-refractivity contribution is 5.99. The summed E-state index contributed by atoms with van der Waals surface area (Å²) in [5.74, 6) is 0.00225. The molecule has 1 N–H and O–H groups in total. The van der Waals surface area contributed by atoms with Crippen LogP contribution in [0.25, 0.3) is 0 Å². The van der Waals surface area contributed by atoms with E-state index in [9.17, 15) is 9.59 Å². The van der Waals surface area contributed by atoms with Gasteiger partial charge in [-0.1, -0.05) is 30.3 Å². The Morgan fingerprint density at radius 1 is 1.13 bits per heavy atom. The van der Waals surface area contributed by atoms with Gasteiger partial charge in [-0.05, 0) is 5.56 Å². The Bertz CT molecular complexity index is 372. The van der Waals surface area contributed by atoms with Crippen LogP contribution in [-0.2, 0) is 9.59 Å².